The van der Waals surface area contributed by atoms with Gasteiger partial charge >= 0.3 is 5.97 Å². The van der Waals surface area contributed by atoms with Crippen molar-refractivity contribution in [2.45, 2.75) is 40.7 Å². The van der Waals surface area contributed by atoms with Crippen molar-refractivity contribution in [1.29, 1.82) is 0 Å². The predicted molar refractivity (Wildman–Crippen MR) is 58.1 cm³/mol. The van der Waals surface area contributed by atoms with Crippen LogP contribution in [0.4, 0.5) is 0 Å². The molecule has 0 rings (SSSR count). The standard InChI is InChI=1S/C11H23NO2/c1-8(2)6-12-7-11(13)14-10(5)9(3)4/h8-10,12H,6-7H2,1-5H3. The lowest BCUT2D eigenvalue weighted by molar-refractivity contribution is -0.149. The van der Waals surface area contributed by atoms with Gasteiger partial charge in [0.1, 0.15) is 6.10 Å². The Hall–Kier alpha value is -0.570. The molecule has 1 atom stereocenters. The highest BCUT2D eigenvalue weighted by Crippen LogP contribution is 2.04. The lowest BCUT2D eigenvalue weighted by Crippen LogP contribution is -2.31. The van der Waals surface area contributed by atoms with E-state index in [-0.39, 0.29) is 12.1 Å². The molecule has 0 aromatic carbocycles. The normalized spacial score (nSPS) is 13.4. The molecule has 0 aromatic rings. The highest BCUT2D eigenvalue weighted by atomic mass is 16.5. The molecule has 14 heavy (non-hydrogen) atoms. The van der Waals surface area contributed by atoms with E-state index in [0.717, 1.165) is 6.54 Å². The fraction of sp³-hybridized carbons (Fsp3) is 0.909. The van der Waals surface area contributed by atoms with Gasteiger partial charge in [-0.3, -0.25) is 4.79 Å². The molecule has 84 valence electrons. The second-order valence-corrected chi connectivity index (χ2v) is 4.46. The van der Waals surface area contributed by atoms with Gasteiger partial charge in [0, 0.05) is 0 Å². The summed E-state index contributed by atoms with van der Waals surface area (Å²) in [6, 6.07) is 0. The molecule has 0 heterocycles. The molecule has 0 fully saturated rings. The Bertz CT molecular complexity index is 167. The van der Waals surface area contributed by atoms with Gasteiger partial charge in [-0.2, -0.15) is 0 Å². The lowest BCUT2D eigenvalue weighted by atomic mass is 10.1. The number of ether oxygens (including phenoxy) is 1. The molecule has 1 N–H and O–H groups in total. The summed E-state index contributed by atoms with van der Waals surface area (Å²) in [4.78, 5) is 11.3. The van der Waals surface area contributed by atoms with Crippen molar-refractivity contribution in [2.75, 3.05) is 13.1 Å². The van der Waals surface area contributed by atoms with E-state index >= 15 is 0 Å². The highest BCUT2D eigenvalue weighted by molar-refractivity contribution is 5.71. The third kappa shape index (κ3) is 6.89. The van der Waals surface area contributed by atoms with Gasteiger partial charge in [-0.25, -0.2) is 0 Å². The second-order valence-electron chi connectivity index (χ2n) is 4.46. The first-order valence-electron chi connectivity index (χ1n) is 5.33. The quantitative estimate of drug-likeness (QED) is 0.666. The van der Waals surface area contributed by atoms with Gasteiger partial charge in [-0.1, -0.05) is 27.7 Å². The van der Waals surface area contributed by atoms with Crippen LogP contribution < -0.4 is 5.32 Å². The average Bonchev–Trinajstić information content (AvgIpc) is 2.02. The molecule has 3 heteroatoms. The third-order valence-electron chi connectivity index (χ3n) is 2.08. The minimum Gasteiger partial charge on any atom is -0.461 e. The van der Waals surface area contributed by atoms with Crippen LogP contribution in [0, 0.1) is 11.8 Å². The lowest BCUT2D eigenvalue weighted by Gasteiger charge is -2.16. The van der Waals surface area contributed by atoms with Gasteiger partial charge in [-0.05, 0) is 25.3 Å². The maximum atomic E-state index is 11.3. The molecule has 0 spiro atoms. The minimum absolute atomic E-state index is 0.00310. The Labute approximate surface area is 87.2 Å². The largest absolute Gasteiger partial charge is 0.461 e. The van der Waals surface area contributed by atoms with E-state index in [4.69, 9.17) is 4.74 Å². The fourth-order valence-corrected chi connectivity index (χ4v) is 0.848. The Kier molecular flexibility index (Phi) is 6.54. The number of carbonyl (C=O) groups excluding carboxylic acids is 1. The molecular weight excluding hydrogens is 178 g/mol. The monoisotopic (exact) mass is 201 g/mol. The number of carbonyl (C=O) groups is 1. The van der Waals surface area contributed by atoms with E-state index in [9.17, 15) is 4.79 Å². The van der Waals surface area contributed by atoms with Crippen LogP contribution in [0.3, 0.4) is 0 Å². The van der Waals surface area contributed by atoms with Crippen molar-refractivity contribution in [1.82, 2.24) is 5.32 Å². The average molecular weight is 201 g/mol. The summed E-state index contributed by atoms with van der Waals surface area (Å²) >= 11 is 0. The van der Waals surface area contributed by atoms with Gasteiger partial charge < -0.3 is 10.1 Å². The maximum absolute atomic E-state index is 11.3. The zero-order chi connectivity index (χ0) is 11.1. The van der Waals surface area contributed by atoms with Gasteiger partial charge in [-0.15, -0.1) is 0 Å². The Balaban J connectivity index is 3.55. The molecule has 0 saturated heterocycles. The number of esters is 1. The summed E-state index contributed by atoms with van der Waals surface area (Å²) in [5.74, 6) is 0.779. The molecular formula is C11H23NO2. The van der Waals surface area contributed by atoms with Crippen molar-refractivity contribution in [3.8, 4) is 0 Å². The molecule has 0 aliphatic rings. The molecule has 0 aliphatic heterocycles. The van der Waals surface area contributed by atoms with Crippen molar-refractivity contribution in [3.05, 3.63) is 0 Å². The van der Waals surface area contributed by atoms with Crippen LogP contribution in [0.25, 0.3) is 0 Å². The first-order chi connectivity index (χ1) is 6.43. The van der Waals surface area contributed by atoms with Crippen molar-refractivity contribution < 1.29 is 9.53 Å². The fourth-order valence-electron chi connectivity index (χ4n) is 0.848. The van der Waals surface area contributed by atoms with Crippen LogP contribution >= 0.6 is 0 Å². The molecule has 0 saturated carbocycles. The third-order valence-corrected chi connectivity index (χ3v) is 2.08. The van der Waals surface area contributed by atoms with Crippen LogP contribution in [-0.2, 0) is 9.53 Å². The van der Waals surface area contributed by atoms with E-state index in [0.29, 0.717) is 18.4 Å². The summed E-state index contributed by atoms with van der Waals surface area (Å²) in [5, 5.41) is 3.05. The summed E-state index contributed by atoms with van der Waals surface area (Å²) in [5.41, 5.74) is 0. The Morgan fingerprint density at radius 1 is 1.21 bits per heavy atom. The number of rotatable bonds is 6. The number of nitrogens with one attached hydrogen (secondary N) is 1. The van der Waals surface area contributed by atoms with E-state index in [1.807, 2.05) is 20.8 Å². The van der Waals surface area contributed by atoms with Crippen LogP contribution in [0.1, 0.15) is 34.6 Å². The number of hydrogen-bond donors (Lipinski definition) is 1. The highest BCUT2D eigenvalue weighted by Gasteiger charge is 2.12. The van der Waals surface area contributed by atoms with Crippen molar-refractivity contribution in [3.63, 3.8) is 0 Å². The molecule has 0 radical (unpaired) electrons. The van der Waals surface area contributed by atoms with Gasteiger partial charge in [0.25, 0.3) is 0 Å². The maximum Gasteiger partial charge on any atom is 0.320 e. The van der Waals surface area contributed by atoms with Crippen molar-refractivity contribution >= 4 is 5.97 Å². The van der Waals surface area contributed by atoms with E-state index in [1.165, 1.54) is 0 Å². The summed E-state index contributed by atoms with van der Waals surface area (Å²) < 4.78 is 5.19. The zero-order valence-electron chi connectivity index (χ0n) is 9.96. The zero-order valence-corrected chi connectivity index (χ0v) is 9.96. The molecule has 0 amide bonds. The van der Waals surface area contributed by atoms with Crippen molar-refractivity contribution in [2.24, 2.45) is 11.8 Å². The number of hydrogen-bond acceptors (Lipinski definition) is 3. The van der Waals surface area contributed by atoms with Crippen LogP contribution in [-0.4, -0.2) is 25.2 Å². The first kappa shape index (κ1) is 13.4. The topological polar surface area (TPSA) is 38.3 Å². The molecule has 1 unspecified atom stereocenters. The van der Waals surface area contributed by atoms with Gasteiger partial charge in [0.05, 0.1) is 6.54 Å². The van der Waals surface area contributed by atoms with Crippen LogP contribution in [0.5, 0.6) is 0 Å². The molecule has 3 nitrogen and oxygen atoms in total. The molecule has 0 aromatic heterocycles. The Morgan fingerprint density at radius 3 is 2.21 bits per heavy atom. The summed E-state index contributed by atoms with van der Waals surface area (Å²) in [6.07, 6.45) is 0.00310. The summed E-state index contributed by atoms with van der Waals surface area (Å²) in [6.45, 7) is 11.4. The smallest absolute Gasteiger partial charge is 0.320 e. The van der Waals surface area contributed by atoms with Crippen LogP contribution in [0.2, 0.25) is 0 Å². The SMILES string of the molecule is CC(C)CNCC(=O)OC(C)C(C)C. The predicted octanol–water partition coefficient (Wildman–Crippen LogP) is 1.82. The van der Waals surface area contributed by atoms with Crippen LogP contribution in [0.15, 0.2) is 0 Å². The van der Waals surface area contributed by atoms with E-state index in [1.54, 1.807) is 0 Å². The van der Waals surface area contributed by atoms with E-state index < -0.39 is 0 Å². The minimum atomic E-state index is -0.160. The summed E-state index contributed by atoms with van der Waals surface area (Å²) in [7, 11) is 0. The molecule has 0 bridgehead atoms. The molecule has 0 aliphatic carbocycles. The van der Waals surface area contributed by atoms with Gasteiger partial charge in [0.15, 0.2) is 0 Å². The van der Waals surface area contributed by atoms with E-state index in [2.05, 4.69) is 19.2 Å². The Morgan fingerprint density at radius 2 is 1.79 bits per heavy atom. The van der Waals surface area contributed by atoms with Gasteiger partial charge in [0.2, 0.25) is 0 Å². The first-order valence-corrected chi connectivity index (χ1v) is 5.33. The second kappa shape index (κ2) is 6.82.